The summed E-state index contributed by atoms with van der Waals surface area (Å²) >= 11 is 0. The fourth-order valence-electron chi connectivity index (χ4n) is 2.50. The van der Waals surface area contributed by atoms with Crippen molar-refractivity contribution >= 4 is 10.0 Å². The van der Waals surface area contributed by atoms with E-state index in [1.165, 1.54) is 43.6 Å². The Hall–Kier alpha value is -2.84. The average Bonchev–Trinajstić information content (AvgIpc) is 2.67. The average molecular weight is 387 g/mol. The Morgan fingerprint density at radius 3 is 2.63 bits per heavy atom. The van der Waals surface area contributed by atoms with Crippen molar-refractivity contribution < 1.29 is 17.5 Å². The minimum absolute atomic E-state index is 0.0170. The third kappa shape index (κ3) is 4.47. The van der Waals surface area contributed by atoms with Gasteiger partial charge < -0.3 is 4.74 Å². The van der Waals surface area contributed by atoms with Crippen LogP contribution in [0.2, 0.25) is 0 Å². The van der Waals surface area contributed by atoms with Crippen LogP contribution in [0.15, 0.2) is 59.8 Å². The summed E-state index contributed by atoms with van der Waals surface area (Å²) in [6.07, 6.45) is 3.09. The Balaban J connectivity index is 1.88. The van der Waals surface area contributed by atoms with Crippen LogP contribution >= 0.6 is 0 Å². The van der Waals surface area contributed by atoms with Crippen molar-refractivity contribution in [3.05, 3.63) is 72.1 Å². The molecule has 6 nitrogen and oxygen atoms in total. The lowest BCUT2D eigenvalue weighted by molar-refractivity contribution is 0.415. The van der Waals surface area contributed by atoms with Crippen LogP contribution in [0, 0.1) is 12.7 Å². The zero-order chi connectivity index (χ0) is 19.4. The van der Waals surface area contributed by atoms with Crippen LogP contribution in [0.5, 0.6) is 5.75 Å². The van der Waals surface area contributed by atoms with E-state index in [-0.39, 0.29) is 11.4 Å². The minimum Gasteiger partial charge on any atom is -0.496 e. The van der Waals surface area contributed by atoms with Gasteiger partial charge in [-0.15, -0.1) is 0 Å². The van der Waals surface area contributed by atoms with E-state index in [2.05, 4.69) is 14.7 Å². The predicted molar refractivity (Wildman–Crippen MR) is 99.2 cm³/mol. The number of aromatic nitrogens is 2. The van der Waals surface area contributed by atoms with E-state index in [9.17, 15) is 12.8 Å². The summed E-state index contributed by atoms with van der Waals surface area (Å²) in [5.41, 5.74) is 2.26. The molecule has 0 bridgehead atoms. The van der Waals surface area contributed by atoms with Gasteiger partial charge >= 0.3 is 0 Å². The number of nitrogens with one attached hydrogen (secondary N) is 1. The molecule has 1 N–H and O–H groups in total. The van der Waals surface area contributed by atoms with Gasteiger partial charge in [0.05, 0.1) is 36.1 Å². The standard InChI is InChI=1S/C19H18FN3O3S/c1-13-10-22-16(11-21-13)12-23-27(24,25)17-5-3-4-14(8-17)18-9-15(20)6-7-19(18)26-2/h3-11,23H,12H2,1-2H3. The molecule has 8 heteroatoms. The number of ether oxygens (including phenoxy) is 1. The van der Waals surface area contributed by atoms with Gasteiger partial charge in [0, 0.05) is 11.8 Å². The summed E-state index contributed by atoms with van der Waals surface area (Å²) in [7, 11) is -2.31. The van der Waals surface area contributed by atoms with Gasteiger partial charge in [0.1, 0.15) is 11.6 Å². The number of rotatable bonds is 6. The molecule has 0 aliphatic rings. The third-order valence-electron chi connectivity index (χ3n) is 3.89. The highest BCUT2D eigenvalue weighted by Gasteiger charge is 2.16. The molecule has 3 rings (SSSR count). The van der Waals surface area contributed by atoms with E-state index < -0.39 is 15.8 Å². The molecule has 0 saturated carbocycles. The highest BCUT2D eigenvalue weighted by molar-refractivity contribution is 7.89. The molecule has 0 spiro atoms. The zero-order valence-corrected chi connectivity index (χ0v) is 15.6. The Morgan fingerprint density at radius 1 is 1.11 bits per heavy atom. The lowest BCUT2D eigenvalue weighted by Gasteiger charge is -2.11. The van der Waals surface area contributed by atoms with Crippen molar-refractivity contribution in [2.24, 2.45) is 0 Å². The fourth-order valence-corrected chi connectivity index (χ4v) is 3.54. The van der Waals surface area contributed by atoms with E-state index >= 15 is 0 Å². The lowest BCUT2D eigenvalue weighted by atomic mass is 10.0. The van der Waals surface area contributed by atoms with Crippen LogP contribution in [0.1, 0.15) is 11.4 Å². The lowest BCUT2D eigenvalue weighted by Crippen LogP contribution is -2.23. The van der Waals surface area contributed by atoms with Crippen LogP contribution in [-0.2, 0) is 16.6 Å². The second-order valence-electron chi connectivity index (χ2n) is 5.85. The van der Waals surface area contributed by atoms with E-state index in [4.69, 9.17) is 4.74 Å². The van der Waals surface area contributed by atoms with Crippen molar-refractivity contribution in [2.75, 3.05) is 7.11 Å². The number of sulfonamides is 1. The Labute approximate surface area is 157 Å². The van der Waals surface area contributed by atoms with Crippen molar-refractivity contribution in [1.29, 1.82) is 0 Å². The van der Waals surface area contributed by atoms with Gasteiger partial charge in [-0.1, -0.05) is 12.1 Å². The highest BCUT2D eigenvalue weighted by atomic mass is 32.2. The van der Waals surface area contributed by atoms with E-state index in [0.717, 1.165) is 5.69 Å². The normalized spacial score (nSPS) is 11.4. The minimum atomic E-state index is -3.78. The molecule has 140 valence electrons. The van der Waals surface area contributed by atoms with Crippen molar-refractivity contribution in [1.82, 2.24) is 14.7 Å². The predicted octanol–water partition coefficient (Wildman–Crippen LogP) is 3.08. The zero-order valence-electron chi connectivity index (χ0n) is 14.8. The van der Waals surface area contributed by atoms with Crippen LogP contribution in [-0.4, -0.2) is 25.5 Å². The molecule has 3 aromatic rings. The molecule has 1 heterocycles. The molecular weight excluding hydrogens is 369 g/mol. The van der Waals surface area contributed by atoms with Gasteiger partial charge in [0.2, 0.25) is 10.0 Å². The number of methoxy groups -OCH3 is 1. The Morgan fingerprint density at radius 2 is 1.93 bits per heavy atom. The van der Waals surface area contributed by atoms with E-state index in [0.29, 0.717) is 22.6 Å². The molecule has 0 saturated heterocycles. The molecule has 0 radical (unpaired) electrons. The van der Waals surface area contributed by atoms with Gasteiger partial charge in [-0.25, -0.2) is 17.5 Å². The number of halogens is 1. The molecule has 0 atom stereocenters. The molecule has 0 amide bonds. The smallest absolute Gasteiger partial charge is 0.240 e. The number of nitrogens with zero attached hydrogens (tertiary/aromatic N) is 2. The number of aryl methyl sites for hydroxylation is 1. The number of hydrogen-bond donors (Lipinski definition) is 1. The molecular formula is C19H18FN3O3S. The summed E-state index contributed by atoms with van der Waals surface area (Å²) in [6.45, 7) is 1.82. The topological polar surface area (TPSA) is 81.2 Å². The Kier molecular flexibility index (Phi) is 5.48. The Bertz CT molecular complexity index is 1050. The van der Waals surface area contributed by atoms with E-state index in [1.807, 2.05) is 0 Å². The highest BCUT2D eigenvalue weighted by Crippen LogP contribution is 2.31. The van der Waals surface area contributed by atoms with Gasteiger partial charge in [-0.3, -0.25) is 9.97 Å². The van der Waals surface area contributed by atoms with Gasteiger partial charge in [-0.05, 0) is 42.8 Å². The summed E-state index contributed by atoms with van der Waals surface area (Å²) in [5, 5.41) is 0. The van der Waals surface area contributed by atoms with E-state index in [1.54, 1.807) is 25.3 Å². The van der Waals surface area contributed by atoms with Gasteiger partial charge in [0.25, 0.3) is 0 Å². The van der Waals surface area contributed by atoms with Gasteiger partial charge in [0.15, 0.2) is 0 Å². The summed E-state index contributed by atoms with van der Waals surface area (Å²) < 4.78 is 46.6. The summed E-state index contributed by atoms with van der Waals surface area (Å²) in [4.78, 5) is 8.27. The first kappa shape index (κ1) is 18.9. The molecule has 0 unspecified atom stereocenters. The molecule has 27 heavy (non-hydrogen) atoms. The molecule has 2 aromatic carbocycles. The molecule has 1 aromatic heterocycles. The summed E-state index contributed by atoms with van der Waals surface area (Å²) in [5.74, 6) is 0.0176. The second kappa shape index (κ2) is 7.81. The fraction of sp³-hybridized carbons (Fsp3) is 0.158. The summed E-state index contributed by atoms with van der Waals surface area (Å²) in [6, 6.07) is 10.3. The van der Waals surface area contributed by atoms with Crippen LogP contribution in [0.25, 0.3) is 11.1 Å². The monoisotopic (exact) mass is 387 g/mol. The van der Waals surface area contributed by atoms with Crippen molar-refractivity contribution in [3.63, 3.8) is 0 Å². The van der Waals surface area contributed by atoms with Crippen molar-refractivity contribution in [3.8, 4) is 16.9 Å². The maximum atomic E-state index is 13.6. The van der Waals surface area contributed by atoms with Crippen LogP contribution < -0.4 is 9.46 Å². The maximum absolute atomic E-state index is 13.6. The van der Waals surface area contributed by atoms with Crippen LogP contribution in [0.3, 0.4) is 0 Å². The van der Waals surface area contributed by atoms with Crippen molar-refractivity contribution in [2.45, 2.75) is 18.4 Å². The maximum Gasteiger partial charge on any atom is 0.240 e. The quantitative estimate of drug-likeness (QED) is 0.703. The largest absolute Gasteiger partial charge is 0.496 e. The number of benzene rings is 2. The van der Waals surface area contributed by atoms with Crippen LogP contribution in [0.4, 0.5) is 4.39 Å². The number of hydrogen-bond acceptors (Lipinski definition) is 5. The third-order valence-corrected chi connectivity index (χ3v) is 5.29. The first-order valence-corrected chi connectivity index (χ1v) is 9.58. The first-order chi connectivity index (χ1) is 12.9. The molecule has 0 aliphatic heterocycles. The van der Waals surface area contributed by atoms with Gasteiger partial charge in [-0.2, -0.15) is 0 Å². The first-order valence-electron chi connectivity index (χ1n) is 8.10. The second-order valence-corrected chi connectivity index (χ2v) is 7.61. The SMILES string of the molecule is COc1ccc(F)cc1-c1cccc(S(=O)(=O)NCc2cnc(C)cn2)c1. The molecule has 0 fully saturated rings. The molecule has 0 aliphatic carbocycles.